The quantitative estimate of drug-likeness (QED) is 0.497. The van der Waals surface area contributed by atoms with Crippen LogP contribution in [0.1, 0.15) is 53.4 Å². The molecule has 0 aromatic carbocycles. The highest BCUT2D eigenvalue weighted by atomic mass is 16.5. The zero-order valence-electron chi connectivity index (χ0n) is 11.7. The Morgan fingerprint density at radius 2 is 1.41 bits per heavy atom. The maximum Gasteiger partial charge on any atom is 0.00197 e. The van der Waals surface area contributed by atoms with Crippen molar-refractivity contribution in [3.8, 4) is 0 Å². The lowest BCUT2D eigenvalue weighted by Gasteiger charge is -2.04. The molecule has 0 radical (unpaired) electrons. The van der Waals surface area contributed by atoms with Crippen LogP contribution in [-0.2, 0) is 0 Å². The summed E-state index contributed by atoms with van der Waals surface area (Å²) in [6.45, 7) is 8.96. The Balaban J connectivity index is 3.80. The zero-order chi connectivity index (χ0) is 13.1. The Morgan fingerprint density at radius 3 is 1.94 bits per heavy atom. The number of rotatable bonds is 8. The van der Waals surface area contributed by atoms with Crippen LogP contribution in [0.15, 0.2) is 34.9 Å². The van der Waals surface area contributed by atoms with E-state index in [1.165, 1.54) is 16.7 Å². The van der Waals surface area contributed by atoms with Crippen LogP contribution in [-0.4, -0.2) is 6.54 Å². The lowest BCUT2D eigenvalue weighted by molar-refractivity contribution is 0.904. The minimum absolute atomic E-state index is 0.426. The minimum Gasteiger partial charge on any atom is -0.788 e. The molecule has 17 heavy (non-hydrogen) atoms. The van der Waals surface area contributed by atoms with Gasteiger partial charge in [0, 0.05) is 6.54 Å². The molecular formula is C15H26NO-. The van der Waals surface area contributed by atoms with Gasteiger partial charge in [0.25, 0.3) is 0 Å². The molecule has 0 saturated heterocycles. The van der Waals surface area contributed by atoms with E-state index in [1.807, 2.05) is 11.6 Å². The van der Waals surface area contributed by atoms with Crippen LogP contribution in [0, 0.1) is 5.21 Å². The van der Waals surface area contributed by atoms with Gasteiger partial charge in [0.05, 0.1) is 0 Å². The molecule has 0 bridgehead atoms. The van der Waals surface area contributed by atoms with E-state index in [4.69, 9.17) is 0 Å². The van der Waals surface area contributed by atoms with Crippen molar-refractivity contribution in [2.75, 3.05) is 6.54 Å². The Morgan fingerprint density at radius 1 is 0.882 bits per heavy atom. The van der Waals surface area contributed by atoms with Gasteiger partial charge >= 0.3 is 0 Å². The van der Waals surface area contributed by atoms with Crippen molar-refractivity contribution in [2.45, 2.75) is 53.4 Å². The van der Waals surface area contributed by atoms with E-state index in [0.29, 0.717) is 6.54 Å². The smallest absolute Gasteiger partial charge is 0.00197 e. The molecular weight excluding hydrogens is 210 g/mol. The standard InChI is InChI=1S/C15H26NO/c1-13(2)7-5-8-14(3)9-6-10-15(4)11-12-16-17/h7,9,11,16H,5-6,8,10,12H2,1-4H3/q-1. The highest BCUT2D eigenvalue weighted by Crippen LogP contribution is 2.10. The summed E-state index contributed by atoms with van der Waals surface area (Å²) in [6, 6.07) is 0. The third-order valence-electron chi connectivity index (χ3n) is 2.66. The predicted octanol–water partition coefficient (Wildman–Crippen LogP) is 4.49. The monoisotopic (exact) mass is 236 g/mol. The normalized spacial score (nSPS) is 12.8. The van der Waals surface area contributed by atoms with Crippen LogP contribution in [0.4, 0.5) is 0 Å². The second-order valence-electron chi connectivity index (χ2n) is 4.81. The van der Waals surface area contributed by atoms with Crippen molar-refractivity contribution in [3.63, 3.8) is 0 Å². The van der Waals surface area contributed by atoms with Gasteiger partial charge in [0.15, 0.2) is 0 Å². The second-order valence-corrected chi connectivity index (χ2v) is 4.81. The Labute approximate surface area is 106 Å². The maximum atomic E-state index is 10.1. The fourth-order valence-electron chi connectivity index (χ4n) is 1.55. The number of hydroxylamine groups is 1. The topological polar surface area (TPSA) is 35.1 Å². The summed E-state index contributed by atoms with van der Waals surface area (Å²) in [5, 5.41) is 10.1. The van der Waals surface area contributed by atoms with Crippen LogP contribution in [0.3, 0.4) is 0 Å². The second kappa shape index (κ2) is 10.3. The third kappa shape index (κ3) is 11.4. The first-order valence-electron chi connectivity index (χ1n) is 6.36. The molecule has 0 atom stereocenters. The lowest BCUT2D eigenvalue weighted by atomic mass is 10.1. The summed E-state index contributed by atoms with van der Waals surface area (Å²) in [4.78, 5) is 0. The van der Waals surface area contributed by atoms with Crippen LogP contribution in [0.2, 0.25) is 0 Å². The van der Waals surface area contributed by atoms with E-state index in [-0.39, 0.29) is 0 Å². The molecule has 0 rings (SSSR count). The Kier molecular flexibility index (Phi) is 9.78. The highest BCUT2D eigenvalue weighted by Gasteiger charge is 1.91. The molecule has 0 spiro atoms. The van der Waals surface area contributed by atoms with Gasteiger partial charge in [0.2, 0.25) is 0 Å². The van der Waals surface area contributed by atoms with Crippen molar-refractivity contribution in [1.29, 1.82) is 0 Å². The Bertz CT molecular complexity index is 283. The predicted molar refractivity (Wildman–Crippen MR) is 76.8 cm³/mol. The van der Waals surface area contributed by atoms with Crippen molar-refractivity contribution in [3.05, 3.63) is 40.2 Å². The number of nitrogens with one attached hydrogen (secondary N) is 1. The van der Waals surface area contributed by atoms with Crippen LogP contribution in [0.25, 0.3) is 0 Å². The summed E-state index contributed by atoms with van der Waals surface area (Å²) in [5.74, 6) is 0. The van der Waals surface area contributed by atoms with Crippen molar-refractivity contribution < 1.29 is 0 Å². The minimum atomic E-state index is 0.426. The first-order valence-corrected chi connectivity index (χ1v) is 6.36. The van der Waals surface area contributed by atoms with E-state index in [1.54, 1.807) is 0 Å². The van der Waals surface area contributed by atoms with Gasteiger partial charge < -0.3 is 10.7 Å². The highest BCUT2D eigenvalue weighted by molar-refractivity contribution is 5.05. The molecule has 0 aromatic heterocycles. The summed E-state index contributed by atoms with van der Waals surface area (Å²) < 4.78 is 0. The molecule has 0 amide bonds. The molecule has 0 aliphatic rings. The van der Waals surface area contributed by atoms with Gasteiger partial charge in [-0.25, -0.2) is 0 Å². The molecule has 0 saturated carbocycles. The molecule has 0 heterocycles. The van der Waals surface area contributed by atoms with Gasteiger partial charge in [-0.1, -0.05) is 34.9 Å². The van der Waals surface area contributed by atoms with Gasteiger partial charge in [-0.3, -0.25) is 0 Å². The van der Waals surface area contributed by atoms with E-state index >= 15 is 0 Å². The maximum absolute atomic E-state index is 10.1. The molecule has 0 aromatic rings. The molecule has 0 aliphatic heterocycles. The van der Waals surface area contributed by atoms with Crippen molar-refractivity contribution in [2.24, 2.45) is 0 Å². The fourth-order valence-corrected chi connectivity index (χ4v) is 1.55. The fraction of sp³-hybridized carbons (Fsp3) is 0.600. The van der Waals surface area contributed by atoms with Gasteiger partial charge in [0.1, 0.15) is 0 Å². The van der Waals surface area contributed by atoms with Crippen molar-refractivity contribution >= 4 is 0 Å². The molecule has 1 N–H and O–H groups in total. The molecule has 0 fully saturated rings. The van der Waals surface area contributed by atoms with Crippen LogP contribution >= 0.6 is 0 Å². The van der Waals surface area contributed by atoms with Crippen LogP contribution in [0.5, 0.6) is 0 Å². The summed E-state index contributed by atoms with van der Waals surface area (Å²) in [7, 11) is 0. The SMILES string of the molecule is CC(C)=CCCC(C)=CCCC(C)=CCN[O-]. The third-order valence-corrected chi connectivity index (χ3v) is 2.66. The molecule has 98 valence electrons. The lowest BCUT2D eigenvalue weighted by Crippen LogP contribution is -2.01. The molecule has 0 unspecified atom stereocenters. The van der Waals surface area contributed by atoms with E-state index < -0.39 is 0 Å². The van der Waals surface area contributed by atoms with Crippen molar-refractivity contribution in [1.82, 2.24) is 5.48 Å². The summed E-state index contributed by atoms with van der Waals surface area (Å²) >= 11 is 0. The number of allylic oxidation sites excluding steroid dienone is 5. The van der Waals surface area contributed by atoms with Gasteiger partial charge in [-0.05, 0) is 53.4 Å². The summed E-state index contributed by atoms with van der Waals surface area (Å²) in [6.07, 6.45) is 10.9. The average Bonchev–Trinajstić information content (AvgIpc) is 2.25. The van der Waals surface area contributed by atoms with E-state index in [2.05, 4.69) is 39.8 Å². The average molecular weight is 236 g/mol. The Hall–Kier alpha value is -0.860. The zero-order valence-corrected chi connectivity index (χ0v) is 11.7. The molecule has 2 nitrogen and oxygen atoms in total. The van der Waals surface area contributed by atoms with Gasteiger partial charge in [-0.2, -0.15) is 0 Å². The van der Waals surface area contributed by atoms with E-state index in [9.17, 15) is 5.21 Å². The number of hydrogen-bond donors (Lipinski definition) is 1. The number of hydrogen-bond acceptors (Lipinski definition) is 2. The summed E-state index contributed by atoms with van der Waals surface area (Å²) in [5.41, 5.74) is 6.01. The molecule has 0 aliphatic carbocycles. The first-order chi connectivity index (χ1) is 8.06. The first kappa shape index (κ1) is 16.1. The molecule has 2 heteroatoms. The largest absolute Gasteiger partial charge is 0.788 e. The van der Waals surface area contributed by atoms with E-state index in [0.717, 1.165) is 25.7 Å². The van der Waals surface area contributed by atoms with Gasteiger partial charge in [-0.15, -0.1) is 0 Å². The van der Waals surface area contributed by atoms with Crippen LogP contribution < -0.4 is 5.48 Å².